The number of nitrogens with one attached hydrogen (secondary N) is 3. The highest BCUT2D eigenvalue weighted by Gasteiger charge is 2.31. The number of esters is 2. The van der Waals surface area contributed by atoms with E-state index in [1.165, 1.54) is 6.92 Å². The topological polar surface area (TPSA) is 123 Å². The van der Waals surface area contributed by atoms with Crippen molar-refractivity contribution in [2.45, 2.75) is 39.7 Å². The third-order valence-electron chi connectivity index (χ3n) is 4.15. The Hall–Kier alpha value is -3.36. The first kappa shape index (κ1) is 21.9. The highest BCUT2D eigenvalue weighted by atomic mass is 16.5. The molecule has 1 aliphatic rings. The van der Waals surface area contributed by atoms with Gasteiger partial charge in [-0.2, -0.15) is 0 Å². The average molecular weight is 403 g/mol. The van der Waals surface area contributed by atoms with Crippen LogP contribution in [0, 0.1) is 0 Å². The van der Waals surface area contributed by atoms with Gasteiger partial charge in [-0.25, -0.2) is 9.59 Å². The van der Waals surface area contributed by atoms with E-state index in [0.29, 0.717) is 17.7 Å². The minimum absolute atomic E-state index is 0.00573. The quantitative estimate of drug-likeness (QED) is 0.567. The Morgan fingerprint density at radius 1 is 1.10 bits per heavy atom. The second-order valence-electron chi connectivity index (χ2n) is 6.39. The van der Waals surface area contributed by atoms with Crippen molar-refractivity contribution < 1.29 is 28.7 Å². The van der Waals surface area contributed by atoms with E-state index in [-0.39, 0.29) is 36.8 Å². The van der Waals surface area contributed by atoms with Crippen LogP contribution < -0.4 is 16.0 Å². The average Bonchev–Trinajstić information content (AvgIpc) is 2.67. The van der Waals surface area contributed by atoms with Gasteiger partial charge in [0.2, 0.25) is 5.91 Å². The van der Waals surface area contributed by atoms with Gasteiger partial charge in [0.25, 0.3) is 0 Å². The van der Waals surface area contributed by atoms with Crippen LogP contribution in [0.4, 0.5) is 10.5 Å². The lowest BCUT2D eigenvalue weighted by molar-refractivity contribution is -0.143. The van der Waals surface area contributed by atoms with Gasteiger partial charge in [0.15, 0.2) is 0 Å². The number of hydrogen-bond acceptors (Lipinski definition) is 6. The number of urea groups is 1. The second-order valence-corrected chi connectivity index (χ2v) is 6.39. The normalized spacial score (nSPS) is 15.8. The zero-order valence-electron chi connectivity index (χ0n) is 16.7. The number of hydrogen-bond donors (Lipinski definition) is 3. The smallest absolute Gasteiger partial charge is 0.338 e. The van der Waals surface area contributed by atoms with Gasteiger partial charge in [-0.15, -0.1) is 0 Å². The standard InChI is InChI=1S/C20H25N3O6/c1-4-15-18(19(26)28-5-2)16(23-20(27)22-15)11-29-17(25)10-13-6-8-14(9-7-13)21-12(3)24/h6-9,15H,4-5,10-11H2,1-3H3,(H,21,24)(H2,22,23,27)/t15-/m1/s1. The third-order valence-corrected chi connectivity index (χ3v) is 4.15. The highest BCUT2D eigenvalue weighted by molar-refractivity contribution is 5.95. The molecule has 3 N–H and O–H groups in total. The van der Waals surface area contributed by atoms with Crippen molar-refractivity contribution in [1.29, 1.82) is 0 Å². The lowest BCUT2D eigenvalue weighted by Gasteiger charge is -2.28. The monoisotopic (exact) mass is 403 g/mol. The van der Waals surface area contributed by atoms with Crippen LogP contribution in [0.5, 0.6) is 0 Å². The SMILES string of the molecule is CCOC(=O)C1=C(COC(=O)Cc2ccc(NC(C)=O)cc2)NC(=O)N[C@@H]1CC. The molecule has 3 amide bonds. The van der Waals surface area contributed by atoms with Crippen molar-refractivity contribution in [3.8, 4) is 0 Å². The second kappa shape index (κ2) is 10.3. The molecule has 156 valence electrons. The van der Waals surface area contributed by atoms with Crippen molar-refractivity contribution in [3.63, 3.8) is 0 Å². The fourth-order valence-corrected chi connectivity index (χ4v) is 2.86. The molecule has 0 saturated carbocycles. The summed E-state index contributed by atoms with van der Waals surface area (Å²) in [5, 5.41) is 7.82. The lowest BCUT2D eigenvalue weighted by atomic mass is 10.0. The van der Waals surface area contributed by atoms with E-state index >= 15 is 0 Å². The van der Waals surface area contributed by atoms with Gasteiger partial charge >= 0.3 is 18.0 Å². The van der Waals surface area contributed by atoms with Gasteiger partial charge in [0.1, 0.15) is 6.61 Å². The van der Waals surface area contributed by atoms with Gasteiger partial charge in [0, 0.05) is 12.6 Å². The van der Waals surface area contributed by atoms with Gasteiger partial charge in [-0.3, -0.25) is 9.59 Å². The van der Waals surface area contributed by atoms with Crippen molar-refractivity contribution in [2.24, 2.45) is 0 Å². The summed E-state index contributed by atoms with van der Waals surface area (Å²) in [6.07, 6.45) is 0.492. The summed E-state index contributed by atoms with van der Waals surface area (Å²) in [5.41, 5.74) is 1.79. The Labute approximate surface area is 168 Å². The van der Waals surface area contributed by atoms with Crippen LogP contribution in [-0.2, 0) is 30.3 Å². The molecule has 1 atom stereocenters. The first-order valence-corrected chi connectivity index (χ1v) is 9.33. The van der Waals surface area contributed by atoms with Gasteiger partial charge in [-0.1, -0.05) is 19.1 Å². The number of anilines is 1. The summed E-state index contributed by atoms with van der Waals surface area (Å²) in [6, 6.07) is 5.79. The molecule has 0 saturated heterocycles. The summed E-state index contributed by atoms with van der Waals surface area (Å²) in [4.78, 5) is 47.4. The molecule has 0 spiro atoms. The Morgan fingerprint density at radius 2 is 1.79 bits per heavy atom. The fourth-order valence-electron chi connectivity index (χ4n) is 2.86. The molecule has 0 aromatic heterocycles. The number of rotatable bonds is 8. The number of ether oxygens (including phenoxy) is 2. The van der Waals surface area contributed by atoms with E-state index in [1.54, 1.807) is 31.2 Å². The minimum atomic E-state index is -0.563. The molecule has 9 nitrogen and oxygen atoms in total. The number of carbonyl (C=O) groups excluding carboxylic acids is 4. The Balaban J connectivity index is 2.04. The van der Waals surface area contributed by atoms with Crippen molar-refractivity contribution in [2.75, 3.05) is 18.5 Å². The van der Waals surface area contributed by atoms with E-state index in [2.05, 4.69) is 16.0 Å². The van der Waals surface area contributed by atoms with Crippen molar-refractivity contribution in [3.05, 3.63) is 41.1 Å². The Morgan fingerprint density at radius 3 is 2.38 bits per heavy atom. The van der Waals surface area contributed by atoms with Crippen molar-refractivity contribution in [1.82, 2.24) is 10.6 Å². The maximum Gasteiger partial charge on any atom is 0.338 e. The molecule has 1 heterocycles. The number of benzene rings is 1. The number of carbonyl (C=O) groups is 4. The van der Waals surface area contributed by atoms with Gasteiger partial charge in [-0.05, 0) is 31.0 Å². The van der Waals surface area contributed by atoms with Crippen LogP contribution in [0.1, 0.15) is 32.8 Å². The lowest BCUT2D eigenvalue weighted by Crippen LogP contribution is -2.51. The molecule has 0 fully saturated rings. The molecule has 1 aromatic carbocycles. The predicted octanol–water partition coefficient (Wildman–Crippen LogP) is 1.64. The van der Waals surface area contributed by atoms with E-state index in [9.17, 15) is 19.2 Å². The molecule has 0 unspecified atom stereocenters. The first-order valence-electron chi connectivity index (χ1n) is 9.33. The fraction of sp³-hybridized carbons (Fsp3) is 0.400. The van der Waals surface area contributed by atoms with Crippen LogP contribution in [0.15, 0.2) is 35.5 Å². The van der Waals surface area contributed by atoms with Gasteiger partial charge in [0.05, 0.1) is 30.3 Å². The molecule has 29 heavy (non-hydrogen) atoms. The third kappa shape index (κ3) is 6.34. The van der Waals surface area contributed by atoms with Crippen molar-refractivity contribution >= 4 is 29.6 Å². The molecular formula is C20H25N3O6. The zero-order valence-corrected chi connectivity index (χ0v) is 16.7. The molecular weight excluding hydrogens is 378 g/mol. The maximum absolute atomic E-state index is 12.3. The molecule has 0 radical (unpaired) electrons. The van der Waals surface area contributed by atoms with Crippen LogP contribution in [-0.4, -0.2) is 43.1 Å². The van der Waals surface area contributed by atoms with E-state index in [4.69, 9.17) is 9.47 Å². The maximum atomic E-state index is 12.3. The Kier molecular flexibility index (Phi) is 7.76. The summed E-state index contributed by atoms with van der Waals surface area (Å²) >= 11 is 0. The summed E-state index contributed by atoms with van der Waals surface area (Å²) in [5.74, 6) is -1.27. The zero-order chi connectivity index (χ0) is 21.4. The summed E-state index contributed by atoms with van der Waals surface area (Å²) in [7, 11) is 0. The van der Waals surface area contributed by atoms with Crippen LogP contribution in [0.25, 0.3) is 0 Å². The van der Waals surface area contributed by atoms with Gasteiger partial charge < -0.3 is 25.4 Å². The molecule has 1 aromatic rings. The van der Waals surface area contributed by atoms with E-state index in [1.807, 2.05) is 6.92 Å². The van der Waals surface area contributed by atoms with Crippen LogP contribution in [0.2, 0.25) is 0 Å². The molecule has 0 aliphatic carbocycles. The first-order chi connectivity index (χ1) is 13.8. The number of amides is 3. The summed E-state index contributed by atoms with van der Waals surface area (Å²) < 4.78 is 10.3. The minimum Gasteiger partial charge on any atom is -0.463 e. The molecule has 1 aliphatic heterocycles. The van der Waals surface area contributed by atoms with E-state index in [0.717, 1.165) is 0 Å². The molecule has 0 bridgehead atoms. The van der Waals surface area contributed by atoms with Crippen LogP contribution in [0.3, 0.4) is 0 Å². The predicted molar refractivity (Wildman–Crippen MR) is 105 cm³/mol. The summed E-state index contributed by atoms with van der Waals surface area (Å²) in [6.45, 7) is 4.86. The van der Waals surface area contributed by atoms with E-state index < -0.39 is 24.0 Å². The molecule has 9 heteroatoms. The van der Waals surface area contributed by atoms with Crippen LogP contribution >= 0.6 is 0 Å². The highest BCUT2D eigenvalue weighted by Crippen LogP contribution is 2.18. The molecule has 2 rings (SSSR count). The Bertz CT molecular complexity index is 816. The largest absolute Gasteiger partial charge is 0.463 e.